The van der Waals surface area contributed by atoms with E-state index in [0.29, 0.717) is 16.8 Å². The van der Waals surface area contributed by atoms with Crippen LogP contribution in [0.15, 0.2) is 72.9 Å². The molecule has 25 heavy (non-hydrogen) atoms. The Morgan fingerprint density at radius 1 is 0.880 bits per heavy atom. The summed E-state index contributed by atoms with van der Waals surface area (Å²) in [7, 11) is 0. The standard InChI is InChI=1S/C20H17NO4/c1-14(22)25-20(19-4-2-3-13-21-19,15-5-9-17(23)10-6-15)16-7-11-18(24)12-8-16/h2-13,23-24H,1H3. The molecule has 0 amide bonds. The molecule has 5 nitrogen and oxygen atoms in total. The van der Waals surface area contributed by atoms with Crippen molar-refractivity contribution in [3.05, 3.63) is 89.7 Å². The highest BCUT2D eigenvalue weighted by Crippen LogP contribution is 2.40. The molecule has 0 aliphatic heterocycles. The van der Waals surface area contributed by atoms with Crippen molar-refractivity contribution < 1.29 is 19.7 Å². The molecule has 0 fully saturated rings. The zero-order valence-corrected chi connectivity index (χ0v) is 13.6. The molecule has 0 saturated heterocycles. The zero-order valence-electron chi connectivity index (χ0n) is 13.6. The number of esters is 1. The highest BCUT2D eigenvalue weighted by atomic mass is 16.6. The molecular formula is C20H17NO4. The van der Waals surface area contributed by atoms with Gasteiger partial charge in [-0.1, -0.05) is 30.3 Å². The Bertz CT molecular complexity index is 813. The van der Waals surface area contributed by atoms with E-state index in [-0.39, 0.29) is 11.5 Å². The molecule has 0 bridgehead atoms. The number of ether oxygens (including phenoxy) is 1. The summed E-state index contributed by atoms with van der Waals surface area (Å²) in [5.41, 5.74) is 0.477. The molecule has 1 aromatic heterocycles. The molecule has 2 N–H and O–H groups in total. The molecule has 0 unspecified atom stereocenters. The third-order valence-corrected chi connectivity index (χ3v) is 3.87. The van der Waals surface area contributed by atoms with Crippen LogP contribution in [0.4, 0.5) is 0 Å². The second-order valence-corrected chi connectivity index (χ2v) is 5.58. The number of pyridine rings is 1. The Morgan fingerprint density at radius 2 is 1.40 bits per heavy atom. The van der Waals surface area contributed by atoms with Gasteiger partial charge in [0.2, 0.25) is 5.60 Å². The van der Waals surface area contributed by atoms with E-state index in [4.69, 9.17) is 4.74 Å². The summed E-state index contributed by atoms with van der Waals surface area (Å²) in [6, 6.07) is 18.2. The van der Waals surface area contributed by atoms with Crippen LogP contribution in [0.5, 0.6) is 11.5 Å². The summed E-state index contributed by atoms with van der Waals surface area (Å²) in [4.78, 5) is 16.4. The van der Waals surface area contributed by atoms with Crippen molar-refractivity contribution in [1.82, 2.24) is 4.98 Å². The smallest absolute Gasteiger partial charge is 0.304 e. The third-order valence-electron chi connectivity index (χ3n) is 3.87. The molecule has 126 valence electrons. The van der Waals surface area contributed by atoms with Crippen LogP contribution < -0.4 is 0 Å². The molecular weight excluding hydrogens is 318 g/mol. The maximum absolute atomic E-state index is 12.0. The number of aromatic hydroxyl groups is 2. The van der Waals surface area contributed by atoms with Crippen molar-refractivity contribution in [2.24, 2.45) is 0 Å². The van der Waals surface area contributed by atoms with Gasteiger partial charge in [0.15, 0.2) is 0 Å². The fourth-order valence-corrected chi connectivity index (χ4v) is 2.81. The van der Waals surface area contributed by atoms with Gasteiger partial charge in [-0.15, -0.1) is 0 Å². The van der Waals surface area contributed by atoms with Crippen LogP contribution in [-0.4, -0.2) is 21.2 Å². The van der Waals surface area contributed by atoms with Gasteiger partial charge in [-0.25, -0.2) is 0 Å². The minimum atomic E-state index is -1.30. The number of hydrogen-bond acceptors (Lipinski definition) is 5. The van der Waals surface area contributed by atoms with Gasteiger partial charge in [-0.2, -0.15) is 0 Å². The summed E-state index contributed by atoms with van der Waals surface area (Å²) >= 11 is 0. The van der Waals surface area contributed by atoms with E-state index in [1.54, 1.807) is 48.7 Å². The molecule has 5 heteroatoms. The van der Waals surface area contributed by atoms with E-state index in [2.05, 4.69) is 4.98 Å². The van der Waals surface area contributed by atoms with Crippen LogP contribution in [0, 0.1) is 0 Å². The minimum Gasteiger partial charge on any atom is -0.508 e. The maximum atomic E-state index is 12.0. The maximum Gasteiger partial charge on any atom is 0.304 e. The lowest BCUT2D eigenvalue weighted by Gasteiger charge is -2.33. The summed E-state index contributed by atoms with van der Waals surface area (Å²) in [6.07, 6.45) is 1.62. The van der Waals surface area contributed by atoms with Gasteiger partial charge in [0.05, 0.1) is 5.69 Å². The average Bonchev–Trinajstić information content (AvgIpc) is 2.62. The van der Waals surface area contributed by atoms with Gasteiger partial charge in [-0.3, -0.25) is 9.78 Å². The first-order valence-electron chi connectivity index (χ1n) is 7.72. The lowest BCUT2D eigenvalue weighted by molar-refractivity contribution is -0.150. The normalized spacial score (nSPS) is 11.1. The Morgan fingerprint density at radius 3 is 1.80 bits per heavy atom. The van der Waals surface area contributed by atoms with Gasteiger partial charge in [0, 0.05) is 24.2 Å². The number of hydrogen-bond donors (Lipinski definition) is 2. The quantitative estimate of drug-likeness (QED) is 0.715. The van der Waals surface area contributed by atoms with Crippen molar-refractivity contribution >= 4 is 5.97 Å². The van der Waals surface area contributed by atoms with Crippen LogP contribution in [0.3, 0.4) is 0 Å². The van der Waals surface area contributed by atoms with Crippen LogP contribution in [0.25, 0.3) is 0 Å². The highest BCUT2D eigenvalue weighted by Gasteiger charge is 2.41. The van der Waals surface area contributed by atoms with E-state index in [0.717, 1.165) is 0 Å². The van der Waals surface area contributed by atoms with Crippen LogP contribution >= 0.6 is 0 Å². The molecule has 0 aliphatic carbocycles. The SMILES string of the molecule is CC(=O)OC(c1ccc(O)cc1)(c1ccc(O)cc1)c1ccccn1. The molecule has 1 heterocycles. The van der Waals surface area contributed by atoms with Crippen LogP contribution in [0.2, 0.25) is 0 Å². The minimum absolute atomic E-state index is 0.104. The van der Waals surface area contributed by atoms with E-state index in [1.807, 2.05) is 0 Å². The summed E-state index contributed by atoms with van der Waals surface area (Å²) < 4.78 is 5.81. The van der Waals surface area contributed by atoms with Crippen molar-refractivity contribution in [1.29, 1.82) is 0 Å². The molecule has 3 aromatic rings. The van der Waals surface area contributed by atoms with Gasteiger partial charge < -0.3 is 14.9 Å². The Hall–Kier alpha value is -3.34. The Balaban J connectivity index is 2.32. The van der Waals surface area contributed by atoms with E-state index < -0.39 is 11.6 Å². The third kappa shape index (κ3) is 3.17. The van der Waals surface area contributed by atoms with E-state index in [1.165, 1.54) is 31.2 Å². The van der Waals surface area contributed by atoms with Crippen molar-refractivity contribution in [3.63, 3.8) is 0 Å². The molecule has 0 atom stereocenters. The first-order valence-corrected chi connectivity index (χ1v) is 7.72. The molecule has 0 spiro atoms. The van der Waals surface area contributed by atoms with E-state index in [9.17, 15) is 15.0 Å². The molecule has 2 aromatic carbocycles. The fraction of sp³-hybridized carbons (Fsp3) is 0.100. The first kappa shape index (κ1) is 16.5. The molecule has 0 saturated carbocycles. The van der Waals surface area contributed by atoms with Crippen molar-refractivity contribution in [2.45, 2.75) is 12.5 Å². The largest absolute Gasteiger partial charge is 0.508 e. The number of benzene rings is 2. The lowest BCUT2D eigenvalue weighted by atomic mass is 9.82. The number of carbonyl (C=O) groups excluding carboxylic acids is 1. The van der Waals surface area contributed by atoms with Crippen LogP contribution in [0.1, 0.15) is 23.7 Å². The van der Waals surface area contributed by atoms with E-state index >= 15 is 0 Å². The summed E-state index contributed by atoms with van der Waals surface area (Å²) in [5.74, 6) is -0.272. The number of carbonyl (C=O) groups is 1. The second kappa shape index (κ2) is 6.65. The van der Waals surface area contributed by atoms with Gasteiger partial charge in [0.25, 0.3) is 0 Å². The number of phenolic OH excluding ortho intramolecular Hbond substituents is 2. The Kier molecular flexibility index (Phi) is 4.39. The van der Waals surface area contributed by atoms with Gasteiger partial charge in [0.1, 0.15) is 11.5 Å². The Labute approximate surface area is 145 Å². The lowest BCUT2D eigenvalue weighted by Crippen LogP contribution is -2.35. The molecule has 0 radical (unpaired) electrons. The number of phenols is 2. The average molecular weight is 335 g/mol. The van der Waals surface area contributed by atoms with Gasteiger partial charge in [-0.05, 0) is 36.4 Å². The summed E-state index contributed by atoms with van der Waals surface area (Å²) in [6.45, 7) is 1.33. The number of aromatic nitrogens is 1. The number of nitrogens with zero attached hydrogens (tertiary/aromatic N) is 1. The van der Waals surface area contributed by atoms with Gasteiger partial charge >= 0.3 is 5.97 Å². The molecule has 3 rings (SSSR count). The summed E-state index contributed by atoms with van der Waals surface area (Å²) in [5, 5.41) is 19.3. The second-order valence-electron chi connectivity index (χ2n) is 5.58. The zero-order chi connectivity index (χ0) is 17.9. The van der Waals surface area contributed by atoms with Crippen LogP contribution in [-0.2, 0) is 15.1 Å². The topological polar surface area (TPSA) is 79.7 Å². The highest BCUT2D eigenvalue weighted by molar-refractivity contribution is 5.69. The van der Waals surface area contributed by atoms with Crippen molar-refractivity contribution in [2.75, 3.05) is 0 Å². The first-order chi connectivity index (χ1) is 12.0. The number of rotatable bonds is 4. The van der Waals surface area contributed by atoms with Crippen molar-refractivity contribution in [3.8, 4) is 11.5 Å². The molecule has 0 aliphatic rings. The predicted molar refractivity (Wildman–Crippen MR) is 92.1 cm³/mol. The predicted octanol–water partition coefficient (Wildman–Crippen LogP) is 3.35. The fourth-order valence-electron chi connectivity index (χ4n) is 2.81. The monoisotopic (exact) mass is 335 g/mol.